The van der Waals surface area contributed by atoms with Gasteiger partial charge in [0.15, 0.2) is 0 Å². The Morgan fingerprint density at radius 1 is 0.500 bits per heavy atom. The van der Waals surface area contributed by atoms with Gasteiger partial charge in [-0.2, -0.15) is 0 Å². The number of ketones is 2. The van der Waals surface area contributed by atoms with E-state index in [0.717, 1.165) is 32.0 Å². The average molecular weight is 258 g/mol. The Morgan fingerprint density at radius 2 is 0.850 bits per heavy atom. The van der Waals surface area contributed by atoms with Gasteiger partial charge < -0.3 is 0 Å². The van der Waals surface area contributed by atoms with Crippen LogP contribution in [0.3, 0.4) is 0 Å². The van der Waals surface area contributed by atoms with Crippen molar-refractivity contribution in [3.8, 4) is 0 Å². The maximum Gasteiger partial charge on any atom is 0.226 e. The zero-order valence-electron chi connectivity index (χ0n) is 10.6. The maximum absolute atomic E-state index is 11.7. The molecule has 0 N–H and O–H groups in total. The third-order valence-electron chi connectivity index (χ3n) is 3.81. The zero-order valence-corrected chi connectivity index (χ0v) is 10.6. The summed E-state index contributed by atoms with van der Waals surface area (Å²) in [6.45, 7) is 0. The van der Waals surface area contributed by atoms with Gasteiger partial charge in [0.25, 0.3) is 0 Å². The molecule has 0 aliphatic heterocycles. The van der Waals surface area contributed by atoms with Crippen LogP contribution < -0.4 is 10.4 Å². The van der Waals surface area contributed by atoms with Crippen LogP contribution >= 0.6 is 0 Å². The van der Waals surface area contributed by atoms with Crippen LogP contribution in [0.2, 0.25) is 0 Å². The largest absolute Gasteiger partial charge is 0.286 e. The van der Waals surface area contributed by atoms with E-state index < -0.39 is 11.6 Å². The number of hydrogen-bond donors (Lipinski definition) is 0. The monoisotopic (exact) mass is 258 g/mol. The van der Waals surface area contributed by atoms with Crippen molar-refractivity contribution in [1.29, 1.82) is 0 Å². The van der Waals surface area contributed by atoms with E-state index in [1.54, 1.807) is 0 Å². The molecule has 1 aliphatic carbocycles. The second-order valence-electron chi connectivity index (χ2n) is 4.94. The van der Waals surface area contributed by atoms with Crippen molar-refractivity contribution in [2.45, 2.75) is 0 Å². The molecule has 1 aliphatic rings. The minimum absolute atomic E-state index is 0.446. The second-order valence-corrected chi connectivity index (χ2v) is 4.94. The molecule has 0 saturated heterocycles. The van der Waals surface area contributed by atoms with Crippen LogP contribution in [0.15, 0.2) is 48.5 Å². The molecule has 0 aromatic heterocycles. The highest BCUT2D eigenvalue weighted by Gasteiger charge is 2.15. The minimum Gasteiger partial charge on any atom is -0.286 e. The number of carbonyl (C=O) groups excluding carboxylic acids is 2. The summed E-state index contributed by atoms with van der Waals surface area (Å²) in [6.07, 6.45) is 2.93. The molecule has 4 rings (SSSR count). The van der Waals surface area contributed by atoms with Crippen molar-refractivity contribution in [2.24, 2.45) is 0 Å². The van der Waals surface area contributed by atoms with Crippen molar-refractivity contribution in [1.82, 2.24) is 0 Å². The lowest BCUT2D eigenvalue weighted by Crippen LogP contribution is -2.34. The summed E-state index contributed by atoms with van der Waals surface area (Å²) in [5.74, 6) is -0.893. The molecule has 20 heavy (non-hydrogen) atoms. The Hall–Kier alpha value is -2.74. The van der Waals surface area contributed by atoms with Gasteiger partial charge in [-0.3, -0.25) is 9.59 Å². The summed E-state index contributed by atoms with van der Waals surface area (Å²) in [5.41, 5.74) is 0. The van der Waals surface area contributed by atoms with Gasteiger partial charge in [-0.15, -0.1) is 0 Å². The molecular weight excluding hydrogens is 248 g/mol. The Labute approximate surface area is 114 Å². The lowest BCUT2D eigenvalue weighted by molar-refractivity contribution is -0.129. The standard InChI is InChI=1S/C18H10O2/c19-17-9-15-13-7-3-1-5-11(13)12-6-2-4-8-14(12)16(15)10-18(17)20/h1-10H. The first-order valence-corrected chi connectivity index (χ1v) is 6.47. The minimum atomic E-state index is -0.446. The average Bonchev–Trinajstić information content (AvgIpc) is 2.49. The molecular formula is C18H10O2. The molecule has 0 unspecified atom stereocenters. The topological polar surface area (TPSA) is 34.1 Å². The van der Waals surface area contributed by atoms with Crippen LogP contribution in [0.5, 0.6) is 0 Å². The fraction of sp³-hybridized carbons (Fsp3) is 0. The van der Waals surface area contributed by atoms with Crippen molar-refractivity contribution in [2.75, 3.05) is 0 Å². The van der Waals surface area contributed by atoms with Crippen molar-refractivity contribution in [3.63, 3.8) is 0 Å². The molecule has 94 valence electrons. The van der Waals surface area contributed by atoms with Crippen LogP contribution in [-0.4, -0.2) is 11.6 Å². The number of hydrogen-bond acceptors (Lipinski definition) is 2. The fourth-order valence-corrected chi connectivity index (χ4v) is 2.91. The Morgan fingerprint density at radius 3 is 1.25 bits per heavy atom. The summed E-state index contributed by atoms with van der Waals surface area (Å²) in [4.78, 5) is 23.4. The molecule has 0 bridgehead atoms. The van der Waals surface area contributed by atoms with Crippen LogP contribution in [0.4, 0.5) is 0 Å². The van der Waals surface area contributed by atoms with Gasteiger partial charge in [-0.05, 0) is 44.1 Å². The summed E-state index contributed by atoms with van der Waals surface area (Å²) in [6, 6.07) is 16.0. The van der Waals surface area contributed by atoms with Crippen LogP contribution in [-0.2, 0) is 9.59 Å². The van der Waals surface area contributed by atoms with Crippen molar-refractivity contribution in [3.05, 3.63) is 59.0 Å². The molecule has 0 spiro atoms. The van der Waals surface area contributed by atoms with E-state index in [1.165, 1.54) is 12.2 Å². The molecule has 0 heterocycles. The molecule has 0 radical (unpaired) electrons. The van der Waals surface area contributed by atoms with E-state index in [9.17, 15) is 9.59 Å². The van der Waals surface area contributed by atoms with E-state index in [4.69, 9.17) is 0 Å². The third-order valence-corrected chi connectivity index (χ3v) is 3.81. The highest BCUT2D eigenvalue weighted by atomic mass is 16.2. The number of Topliss-reactive ketones (excluding diaryl/α,β-unsaturated/α-hetero) is 2. The van der Waals surface area contributed by atoms with Crippen LogP contribution in [0.25, 0.3) is 33.7 Å². The van der Waals surface area contributed by atoms with E-state index in [0.29, 0.717) is 0 Å². The van der Waals surface area contributed by atoms with E-state index in [2.05, 4.69) is 0 Å². The normalized spacial score (nSPS) is 14.0. The number of fused-ring (bicyclic) bond motifs is 6. The highest BCUT2D eigenvalue weighted by Crippen LogP contribution is 2.20. The van der Waals surface area contributed by atoms with Gasteiger partial charge in [-0.1, -0.05) is 48.5 Å². The molecule has 3 aromatic carbocycles. The SMILES string of the molecule is O=C1C=c2c(c3ccccc3c3ccccc23)=CC1=O. The molecule has 3 aromatic rings. The zero-order chi connectivity index (χ0) is 13.7. The molecule has 0 saturated carbocycles. The van der Waals surface area contributed by atoms with Gasteiger partial charge in [0.2, 0.25) is 11.6 Å². The second kappa shape index (κ2) is 3.87. The van der Waals surface area contributed by atoms with Gasteiger partial charge in [0.05, 0.1) is 0 Å². The summed E-state index contributed by atoms with van der Waals surface area (Å²) in [5, 5.41) is 5.94. The first kappa shape index (κ1) is 11.1. The lowest BCUT2D eigenvalue weighted by atomic mass is 9.94. The first-order valence-electron chi connectivity index (χ1n) is 6.47. The lowest BCUT2D eigenvalue weighted by Gasteiger charge is -2.09. The first-order chi connectivity index (χ1) is 9.75. The van der Waals surface area contributed by atoms with Gasteiger partial charge in [0, 0.05) is 0 Å². The number of benzene rings is 3. The molecule has 0 amide bonds. The van der Waals surface area contributed by atoms with Gasteiger partial charge in [0.1, 0.15) is 0 Å². The fourth-order valence-electron chi connectivity index (χ4n) is 2.91. The number of rotatable bonds is 0. The molecule has 2 heteroatoms. The molecule has 0 fully saturated rings. The number of carbonyl (C=O) groups is 2. The Balaban J connectivity index is 2.45. The Bertz CT molecular complexity index is 942. The summed E-state index contributed by atoms with van der Waals surface area (Å²) < 4.78 is 0. The van der Waals surface area contributed by atoms with Crippen molar-refractivity contribution >= 4 is 45.3 Å². The summed E-state index contributed by atoms with van der Waals surface area (Å²) >= 11 is 0. The maximum atomic E-state index is 11.7. The smallest absolute Gasteiger partial charge is 0.226 e. The predicted molar refractivity (Wildman–Crippen MR) is 79.6 cm³/mol. The van der Waals surface area contributed by atoms with Gasteiger partial charge in [-0.25, -0.2) is 0 Å². The highest BCUT2D eigenvalue weighted by molar-refractivity contribution is 6.58. The Kier molecular flexibility index (Phi) is 2.15. The van der Waals surface area contributed by atoms with Gasteiger partial charge >= 0.3 is 0 Å². The molecule has 0 atom stereocenters. The summed E-state index contributed by atoms with van der Waals surface area (Å²) in [7, 11) is 0. The van der Waals surface area contributed by atoms with E-state index in [-0.39, 0.29) is 0 Å². The van der Waals surface area contributed by atoms with E-state index >= 15 is 0 Å². The quantitative estimate of drug-likeness (QED) is 0.454. The third kappa shape index (κ3) is 1.39. The van der Waals surface area contributed by atoms with Crippen LogP contribution in [0.1, 0.15) is 0 Å². The molecule has 2 nitrogen and oxygen atoms in total. The predicted octanol–water partition coefficient (Wildman–Crippen LogP) is 1.71. The van der Waals surface area contributed by atoms with E-state index in [1.807, 2.05) is 48.5 Å². The van der Waals surface area contributed by atoms with Crippen molar-refractivity contribution < 1.29 is 9.59 Å². The van der Waals surface area contributed by atoms with Crippen LogP contribution in [0, 0.1) is 0 Å².